The lowest BCUT2D eigenvalue weighted by atomic mass is 10.2. The minimum atomic E-state index is -1.08. The molecular weight excluding hydrogens is 278 g/mol. The van der Waals surface area contributed by atoms with Gasteiger partial charge in [-0.15, -0.1) is 5.10 Å². The van der Waals surface area contributed by atoms with Crippen LogP contribution < -0.4 is 0 Å². The maximum absolute atomic E-state index is 13.4. The smallest absolute Gasteiger partial charge is 0.325 e. The molecule has 19 heavy (non-hydrogen) atoms. The van der Waals surface area contributed by atoms with Crippen LogP contribution >= 0.6 is 11.8 Å². The number of aromatic nitrogens is 4. The third kappa shape index (κ3) is 3.47. The number of carboxylic acids is 1. The third-order valence-electron chi connectivity index (χ3n) is 2.16. The molecule has 0 spiro atoms. The first kappa shape index (κ1) is 13.4. The predicted molar refractivity (Wildman–Crippen MR) is 61.4 cm³/mol. The van der Waals surface area contributed by atoms with Gasteiger partial charge in [0.15, 0.2) is 0 Å². The van der Waals surface area contributed by atoms with Crippen LogP contribution in [0.25, 0.3) is 0 Å². The second-order valence-electron chi connectivity index (χ2n) is 3.54. The van der Waals surface area contributed by atoms with Gasteiger partial charge in [0.2, 0.25) is 5.16 Å². The minimum Gasteiger partial charge on any atom is -0.480 e. The van der Waals surface area contributed by atoms with E-state index < -0.39 is 17.6 Å². The molecule has 0 aliphatic rings. The Morgan fingerprint density at radius 1 is 1.42 bits per heavy atom. The van der Waals surface area contributed by atoms with Crippen molar-refractivity contribution >= 4 is 17.7 Å². The maximum Gasteiger partial charge on any atom is 0.325 e. The highest BCUT2D eigenvalue weighted by molar-refractivity contribution is 7.98. The fourth-order valence-electron chi connectivity index (χ4n) is 1.31. The first-order valence-corrected chi connectivity index (χ1v) is 6.09. The molecule has 0 bridgehead atoms. The summed E-state index contributed by atoms with van der Waals surface area (Å²) in [6, 6.07) is 3.26. The molecule has 0 unspecified atom stereocenters. The van der Waals surface area contributed by atoms with Crippen LogP contribution in [0.15, 0.2) is 23.4 Å². The highest BCUT2D eigenvalue weighted by Gasteiger charge is 2.11. The molecule has 0 aliphatic carbocycles. The zero-order valence-electron chi connectivity index (χ0n) is 9.45. The van der Waals surface area contributed by atoms with Crippen LogP contribution in [0.3, 0.4) is 0 Å². The Hall–Kier alpha value is -2.03. The molecule has 0 radical (unpaired) electrons. The summed E-state index contributed by atoms with van der Waals surface area (Å²) < 4.78 is 27.2. The predicted octanol–water partition coefficient (Wildman–Crippen LogP) is 1.33. The van der Waals surface area contributed by atoms with Crippen molar-refractivity contribution in [2.24, 2.45) is 0 Å². The molecule has 2 rings (SSSR count). The van der Waals surface area contributed by atoms with E-state index in [9.17, 15) is 13.6 Å². The van der Waals surface area contributed by atoms with Crippen LogP contribution in [-0.4, -0.2) is 31.3 Å². The van der Waals surface area contributed by atoms with Crippen molar-refractivity contribution in [3.63, 3.8) is 0 Å². The van der Waals surface area contributed by atoms with Crippen LogP contribution in [0.4, 0.5) is 8.78 Å². The second-order valence-corrected chi connectivity index (χ2v) is 4.48. The van der Waals surface area contributed by atoms with Crippen LogP contribution in [-0.2, 0) is 17.1 Å². The van der Waals surface area contributed by atoms with Gasteiger partial charge in [0.1, 0.15) is 18.2 Å². The van der Waals surface area contributed by atoms with E-state index in [4.69, 9.17) is 5.11 Å². The number of carboxylic acid groups (broad SMARTS) is 1. The summed E-state index contributed by atoms with van der Waals surface area (Å²) in [5.74, 6) is -2.22. The topological polar surface area (TPSA) is 80.9 Å². The fraction of sp³-hybridized carbons (Fsp3) is 0.200. The van der Waals surface area contributed by atoms with E-state index in [0.717, 1.165) is 28.6 Å². The van der Waals surface area contributed by atoms with Crippen molar-refractivity contribution in [2.45, 2.75) is 17.5 Å². The molecule has 0 amide bonds. The first-order valence-electron chi connectivity index (χ1n) is 5.11. The molecule has 1 aromatic carbocycles. The van der Waals surface area contributed by atoms with Crippen LogP contribution in [0.2, 0.25) is 0 Å². The van der Waals surface area contributed by atoms with E-state index in [1.165, 1.54) is 6.07 Å². The highest BCUT2D eigenvalue weighted by atomic mass is 32.2. The molecule has 1 aromatic heterocycles. The van der Waals surface area contributed by atoms with E-state index in [-0.39, 0.29) is 23.0 Å². The number of tetrazole rings is 1. The van der Waals surface area contributed by atoms with Crippen LogP contribution in [0.1, 0.15) is 5.56 Å². The molecule has 0 fully saturated rings. The number of thioether (sulfide) groups is 1. The van der Waals surface area contributed by atoms with Gasteiger partial charge in [-0.05, 0) is 22.1 Å². The standard InChI is InChI=1S/C10H8F2N4O2S/c11-7-2-1-6(8(12)3-7)5-19-10-13-14-15-16(10)4-9(17)18/h1-3H,4-5H2,(H,17,18). The van der Waals surface area contributed by atoms with Gasteiger partial charge >= 0.3 is 5.97 Å². The number of rotatable bonds is 5. The van der Waals surface area contributed by atoms with Crippen LogP contribution in [0.5, 0.6) is 0 Å². The Kier molecular flexibility index (Phi) is 4.05. The second kappa shape index (κ2) is 5.74. The molecule has 0 atom stereocenters. The zero-order valence-corrected chi connectivity index (χ0v) is 10.3. The van der Waals surface area contributed by atoms with Crippen molar-refractivity contribution in [3.8, 4) is 0 Å². The van der Waals surface area contributed by atoms with Gasteiger partial charge in [-0.25, -0.2) is 13.5 Å². The average Bonchev–Trinajstić information content (AvgIpc) is 2.74. The van der Waals surface area contributed by atoms with Crippen molar-refractivity contribution in [1.82, 2.24) is 20.2 Å². The average molecular weight is 286 g/mol. The van der Waals surface area contributed by atoms with Gasteiger partial charge in [-0.3, -0.25) is 4.79 Å². The Morgan fingerprint density at radius 2 is 2.21 bits per heavy atom. The lowest BCUT2D eigenvalue weighted by Gasteiger charge is -2.03. The van der Waals surface area contributed by atoms with Gasteiger partial charge in [0.05, 0.1) is 0 Å². The number of carbonyl (C=O) groups is 1. The summed E-state index contributed by atoms with van der Waals surface area (Å²) in [5.41, 5.74) is 0.288. The van der Waals surface area contributed by atoms with Crippen molar-refractivity contribution in [1.29, 1.82) is 0 Å². The van der Waals surface area contributed by atoms with Crippen molar-refractivity contribution < 1.29 is 18.7 Å². The quantitative estimate of drug-likeness (QED) is 0.835. The molecule has 100 valence electrons. The summed E-state index contributed by atoms with van der Waals surface area (Å²) in [6.07, 6.45) is 0. The molecule has 1 heterocycles. The van der Waals surface area contributed by atoms with Gasteiger partial charge < -0.3 is 5.11 Å². The number of hydrogen-bond acceptors (Lipinski definition) is 5. The number of aliphatic carboxylic acids is 1. The number of hydrogen-bond donors (Lipinski definition) is 1. The first-order chi connectivity index (χ1) is 9.06. The largest absolute Gasteiger partial charge is 0.480 e. The van der Waals surface area contributed by atoms with E-state index in [2.05, 4.69) is 15.5 Å². The van der Waals surface area contributed by atoms with Crippen molar-refractivity contribution in [3.05, 3.63) is 35.4 Å². The van der Waals surface area contributed by atoms with E-state index >= 15 is 0 Å². The molecule has 0 saturated heterocycles. The van der Waals surface area contributed by atoms with Gasteiger partial charge in [-0.2, -0.15) is 0 Å². The van der Waals surface area contributed by atoms with Gasteiger partial charge in [0, 0.05) is 11.8 Å². The molecule has 0 aliphatic heterocycles. The molecule has 6 nitrogen and oxygen atoms in total. The maximum atomic E-state index is 13.4. The fourth-order valence-corrected chi connectivity index (χ4v) is 2.17. The normalized spacial score (nSPS) is 10.6. The molecule has 1 N–H and O–H groups in total. The summed E-state index contributed by atoms with van der Waals surface area (Å²) in [6.45, 7) is -0.374. The molecule has 9 heteroatoms. The summed E-state index contributed by atoms with van der Waals surface area (Å²) in [7, 11) is 0. The van der Waals surface area contributed by atoms with E-state index in [1.807, 2.05) is 0 Å². The van der Waals surface area contributed by atoms with Crippen molar-refractivity contribution in [2.75, 3.05) is 0 Å². The lowest BCUT2D eigenvalue weighted by molar-refractivity contribution is -0.138. The van der Waals surface area contributed by atoms with Crippen LogP contribution in [0, 0.1) is 11.6 Å². The summed E-state index contributed by atoms with van der Waals surface area (Å²) in [4.78, 5) is 10.6. The number of halogens is 2. The Balaban J connectivity index is 2.06. The number of benzene rings is 1. The summed E-state index contributed by atoms with van der Waals surface area (Å²) >= 11 is 1.07. The van der Waals surface area contributed by atoms with E-state index in [0.29, 0.717) is 0 Å². The van der Waals surface area contributed by atoms with E-state index in [1.54, 1.807) is 0 Å². The summed E-state index contributed by atoms with van der Waals surface area (Å²) in [5, 5.41) is 19.4. The molecular formula is C10H8F2N4O2S. The third-order valence-corrected chi connectivity index (χ3v) is 3.16. The Labute approximate surface area is 110 Å². The number of nitrogens with zero attached hydrogens (tertiary/aromatic N) is 4. The SMILES string of the molecule is O=C(O)Cn1nnnc1SCc1ccc(F)cc1F. The lowest BCUT2D eigenvalue weighted by Crippen LogP contribution is -2.11. The minimum absolute atomic E-state index is 0.173. The Bertz CT molecular complexity index is 605. The monoisotopic (exact) mass is 286 g/mol. The van der Waals surface area contributed by atoms with Gasteiger partial charge in [-0.1, -0.05) is 17.8 Å². The Morgan fingerprint density at radius 3 is 2.89 bits per heavy atom. The highest BCUT2D eigenvalue weighted by Crippen LogP contribution is 2.22. The molecule has 2 aromatic rings. The van der Waals surface area contributed by atoms with Gasteiger partial charge in [0.25, 0.3) is 0 Å². The molecule has 0 saturated carbocycles. The zero-order chi connectivity index (χ0) is 13.8.